The van der Waals surface area contributed by atoms with Gasteiger partial charge in [0.2, 0.25) is 5.95 Å². The molecule has 1 aliphatic heterocycles. The summed E-state index contributed by atoms with van der Waals surface area (Å²) in [4.78, 5) is 26.5. The van der Waals surface area contributed by atoms with Gasteiger partial charge >= 0.3 is 6.09 Å². The quantitative estimate of drug-likeness (QED) is 0.891. The summed E-state index contributed by atoms with van der Waals surface area (Å²) in [5.74, 6) is 1.98. The van der Waals surface area contributed by atoms with Crippen LogP contribution in [0.5, 0.6) is 0 Å². The average molecular weight is 331 g/mol. The van der Waals surface area contributed by atoms with Crippen LogP contribution in [0.1, 0.15) is 32.6 Å². The maximum Gasteiger partial charge on any atom is 0.415 e. The molecule has 128 valence electrons. The van der Waals surface area contributed by atoms with Crippen molar-refractivity contribution in [2.24, 2.45) is 13.0 Å². The van der Waals surface area contributed by atoms with Crippen molar-refractivity contribution in [1.82, 2.24) is 24.7 Å². The van der Waals surface area contributed by atoms with Crippen LogP contribution in [0.15, 0.2) is 18.6 Å². The molecule has 1 fully saturated rings. The van der Waals surface area contributed by atoms with Crippen LogP contribution in [0, 0.1) is 5.92 Å². The minimum atomic E-state index is -0.375. The standard InChI is InChI=1S/C15H21N7O2/c1-9(2)11-7-24-15(23)22(11)12-5-6-16-14(20-12)19-10(3)13-17-8-18-21(13)4/h5-6,8-11H,7H2,1-4H3,(H,16,19,20)/t10?,11-/m1/s1. The largest absolute Gasteiger partial charge is 0.447 e. The van der Waals surface area contributed by atoms with Crippen LogP contribution in [0.2, 0.25) is 0 Å². The van der Waals surface area contributed by atoms with Crippen molar-refractivity contribution in [1.29, 1.82) is 0 Å². The number of rotatable bonds is 5. The molecule has 1 N–H and O–H groups in total. The van der Waals surface area contributed by atoms with Gasteiger partial charge in [-0.3, -0.25) is 9.58 Å². The Bertz CT molecular complexity index is 730. The number of nitrogens with zero attached hydrogens (tertiary/aromatic N) is 6. The molecule has 1 saturated heterocycles. The first-order valence-electron chi connectivity index (χ1n) is 7.87. The topological polar surface area (TPSA) is 98.1 Å². The van der Waals surface area contributed by atoms with Crippen LogP contribution in [0.4, 0.5) is 16.6 Å². The highest BCUT2D eigenvalue weighted by atomic mass is 16.6. The Morgan fingerprint density at radius 3 is 2.79 bits per heavy atom. The number of amides is 1. The van der Waals surface area contributed by atoms with Crippen molar-refractivity contribution >= 4 is 17.9 Å². The molecule has 9 heteroatoms. The molecule has 3 heterocycles. The second kappa shape index (κ2) is 6.42. The molecule has 0 spiro atoms. The van der Waals surface area contributed by atoms with Crippen LogP contribution in [-0.4, -0.2) is 43.5 Å². The minimum Gasteiger partial charge on any atom is -0.447 e. The second-order valence-corrected chi connectivity index (χ2v) is 6.10. The van der Waals surface area contributed by atoms with Crippen molar-refractivity contribution in [3.63, 3.8) is 0 Å². The molecule has 0 saturated carbocycles. The smallest absolute Gasteiger partial charge is 0.415 e. The summed E-state index contributed by atoms with van der Waals surface area (Å²) in [6.07, 6.45) is 2.75. The predicted octanol–water partition coefficient (Wildman–Crippen LogP) is 1.76. The van der Waals surface area contributed by atoms with Gasteiger partial charge in [0.1, 0.15) is 24.6 Å². The first-order chi connectivity index (χ1) is 11.5. The third-order valence-corrected chi connectivity index (χ3v) is 4.04. The van der Waals surface area contributed by atoms with E-state index in [1.165, 1.54) is 6.33 Å². The van der Waals surface area contributed by atoms with Gasteiger partial charge in [0.05, 0.1) is 12.1 Å². The summed E-state index contributed by atoms with van der Waals surface area (Å²) in [5.41, 5.74) is 0. The minimum absolute atomic E-state index is 0.0311. The summed E-state index contributed by atoms with van der Waals surface area (Å²) < 4.78 is 6.86. The highest BCUT2D eigenvalue weighted by Gasteiger charge is 2.37. The predicted molar refractivity (Wildman–Crippen MR) is 87.5 cm³/mol. The third kappa shape index (κ3) is 3.01. The Balaban J connectivity index is 1.81. The Hall–Kier alpha value is -2.71. The zero-order valence-electron chi connectivity index (χ0n) is 14.2. The maximum absolute atomic E-state index is 12.1. The average Bonchev–Trinajstić information content (AvgIpc) is 3.13. The van der Waals surface area contributed by atoms with Crippen molar-refractivity contribution < 1.29 is 9.53 Å². The lowest BCUT2D eigenvalue weighted by molar-refractivity contribution is 0.177. The normalized spacial score (nSPS) is 18.8. The molecule has 24 heavy (non-hydrogen) atoms. The number of aryl methyl sites for hydroxylation is 1. The molecule has 0 bridgehead atoms. The fraction of sp³-hybridized carbons (Fsp3) is 0.533. The molecule has 1 amide bonds. The Kier molecular flexibility index (Phi) is 4.32. The number of nitrogens with one attached hydrogen (secondary N) is 1. The molecule has 2 aromatic rings. The number of ether oxygens (including phenoxy) is 1. The molecule has 2 aromatic heterocycles. The zero-order chi connectivity index (χ0) is 17.3. The van der Waals surface area contributed by atoms with E-state index in [-0.39, 0.29) is 24.1 Å². The van der Waals surface area contributed by atoms with E-state index in [0.29, 0.717) is 18.4 Å². The number of hydrogen-bond acceptors (Lipinski definition) is 7. The summed E-state index contributed by atoms with van der Waals surface area (Å²) in [6, 6.07) is 1.55. The van der Waals surface area contributed by atoms with Crippen molar-refractivity contribution in [2.75, 3.05) is 16.8 Å². The fourth-order valence-electron chi connectivity index (χ4n) is 2.70. The van der Waals surface area contributed by atoms with Crippen molar-refractivity contribution in [3.05, 3.63) is 24.4 Å². The van der Waals surface area contributed by atoms with Gasteiger partial charge in [0.25, 0.3) is 0 Å². The second-order valence-electron chi connectivity index (χ2n) is 6.10. The van der Waals surface area contributed by atoms with E-state index in [1.54, 1.807) is 21.8 Å². The molecule has 1 aliphatic rings. The maximum atomic E-state index is 12.1. The fourth-order valence-corrected chi connectivity index (χ4v) is 2.70. The van der Waals surface area contributed by atoms with E-state index in [0.717, 1.165) is 5.82 Å². The number of carbonyl (C=O) groups excluding carboxylic acids is 1. The summed E-state index contributed by atoms with van der Waals surface area (Å²) >= 11 is 0. The number of carbonyl (C=O) groups is 1. The van der Waals surface area contributed by atoms with Gasteiger partial charge in [0.15, 0.2) is 0 Å². The Morgan fingerprint density at radius 1 is 1.33 bits per heavy atom. The molecular weight excluding hydrogens is 310 g/mol. The monoisotopic (exact) mass is 331 g/mol. The first kappa shape index (κ1) is 16.2. The lowest BCUT2D eigenvalue weighted by Gasteiger charge is -2.23. The summed E-state index contributed by atoms with van der Waals surface area (Å²) in [6.45, 7) is 6.42. The van der Waals surface area contributed by atoms with Gasteiger partial charge in [0, 0.05) is 13.2 Å². The van der Waals surface area contributed by atoms with Crippen LogP contribution >= 0.6 is 0 Å². The van der Waals surface area contributed by atoms with Gasteiger partial charge in [-0.15, -0.1) is 0 Å². The van der Waals surface area contributed by atoms with Gasteiger partial charge in [-0.2, -0.15) is 10.1 Å². The van der Waals surface area contributed by atoms with E-state index >= 15 is 0 Å². The molecule has 0 radical (unpaired) electrons. The van der Waals surface area contributed by atoms with Gasteiger partial charge < -0.3 is 10.1 Å². The highest BCUT2D eigenvalue weighted by Crippen LogP contribution is 2.26. The number of cyclic esters (lactones) is 1. The van der Waals surface area contributed by atoms with Crippen molar-refractivity contribution in [3.8, 4) is 0 Å². The van der Waals surface area contributed by atoms with Crippen LogP contribution in [-0.2, 0) is 11.8 Å². The lowest BCUT2D eigenvalue weighted by atomic mass is 10.0. The van der Waals surface area contributed by atoms with Crippen molar-refractivity contribution in [2.45, 2.75) is 32.9 Å². The summed E-state index contributed by atoms with van der Waals surface area (Å²) in [5, 5.41) is 7.24. The highest BCUT2D eigenvalue weighted by molar-refractivity contribution is 5.89. The molecule has 1 unspecified atom stereocenters. The first-order valence-corrected chi connectivity index (χ1v) is 7.87. The Labute approximate surface area is 140 Å². The molecule has 2 atom stereocenters. The molecule has 0 aliphatic carbocycles. The van der Waals surface area contributed by atoms with Crippen LogP contribution in [0.25, 0.3) is 0 Å². The van der Waals surface area contributed by atoms with E-state index < -0.39 is 0 Å². The Morgan fingerprint density at radius 2 is 2.12 bits per heavy atom. The third-order valence-electron chi connectivity index (χ3n) is 4.04. The SMILES string of the molecule is CC(Nc1nccc(N2C(=O)OC[C@@H]2C(C)C)n1)c1ncnn1C. The molecule has 9 nitrogen and oxygen atoms in total. The lowest BCUT2D eigenvalue weighted by Crippen LogP contribution is -2.37. The number of anilines is 2. The van der Waals surface area contributed by atoms with Gasteiger partial charge in [-0.25, -0.2) is 14.8 Å². The zero-order valence-corrected chi connectivity index (χ0v) is 14.2. The number of hydrogen-bond donors (Lipinski definition) is 1. The van der Waals surface area contributed by atoms with Gasteiger partial charge in [-0.05, 0) is 18.9 Å². The van der Waals surface area contributed by atoms with E-state index in [9.17, 15) is 4.79 Å². The van der Waals surface area contributed by atoms with E-state index in [4.69, 9.17) is 4.74 Å². The van der Waals surface area contributed by atoms with Gasteiger partial charge in [-0.1, -0.05) is 13.8 Å². The molecular formula is C15H21N7O2. The molecule has 3 rings (SSSR count). The van der Waals surface area contributed by atoms with Crippen LogP contribution in [0.3, 0.4) is 0 Å². The van der Waals surface area contributed by atoms with E-state index in [2.05, 4.69) is 39.2 Å². The van der Waals surface area contributed by atoms with Crippen LogP contribution < -0.4 is 10.2 Å². The number of aromatic nitrogens is 5. The van der Waals surface area contributed by atoms with E-state index in [1.807, 2.05) is 14.0 Å². The summed E-state index contributed by atoms with van der Waals surface area (Å²) in [7, 11) is 1.82. The molecule has 0 aromatic carbocycles.